The lowest BCUT2D eigenvalue weighted by molar-refractivity contribution is 0.0911. The van der Waals surface area contributed by atoms with Crippen LogP contribution in [0.25, 0.3) is 11.3 Å². The monoisotopic (exact) mass is 397 g/mol. The summed E-state index contributed by atoms with van der Waals surface area (Å²) in [5, 5.41) is 21.2. The molecule has 29 heavy (non-hydrogen) atoms. The van der Waals surface area contributed by atoms with Crippen LogP contribution in [0, 0.1) is 6.92 Å². The van der Waals surface area contributed by atoms with Gasteiger partial charge in [0.05, 0.1) is 31.6 Å². The van der Waals surface area contributed by atoms with Crippen LogP contribution in [0.1, 0.15) is 27.7 Å². The van der Waals surface area contributed by atoms with E-state index in [4.69, 9.17) is 9.94 Å². The highest BCUT2D eigenvalue weighted by atomic mass is 16.6. The number of benzene rings is 1. The summed E-state index contributed by atoms with van der Waals surface area (Å²) in [7, 11) is 0. The van der Waals surface area contributed by atoms with Crippen molar-refractivity contribution in [3.63, 3.8) is 0 Å². The Morgan fingerprint density at radius 1 is 1.28 bits per heavy atom. The van der Waals surface area contributed by atoms with Crippen molar-refractivity contribution in [3.8, 4) is 11.3 Å². The first-order valence-electron chi connectivity index (χ1n) is 9.10. The van der Waals surface area contributed by atoms with Crippen LogP contribution in [0.2, 0.25) is 0 Å². The molecule has 3 rings (SSSR count). The predicted octanol–water partition coefficient (Wildman–Crippen LogP) is 1.58. The Bertz CT molecular complexity index is 945. The van der Waals surface area contributed by atoms with Crippen molar-refractivity contribution in [1.82, 2.24) is 20.3 Å². The zero-order chi connectivity index (χ0) is 20.6. The van der Waals surface area contributed by atoms with Gasteiger partial charge in [0, 0.05) is 18.0 Å². The van der Waals surface area contributed by atoms with Gasteiger partial charge in [-0.05, 0) is 24.1 Å². The molecule has 0 saturated carbocycles. The molecule has 9 nitrogen and oxygen atoms in total. The van der Waals surface area contributed by atoms with Crippen LogP contribution < -0.4 is 10.8 Å². The lowest BCUT2D eigenvalue weighted by Gasteiger charge is -2.16. The number of hydrogen-bond donors (Lipinski definition) is 5. The number of nitrogens with one attached hydrogen (secondary N) is 3. The second kappa shape index (κ2) is 9.78. The van der Waals surface area contributed by atoms with Crippen molar-refractivity contribution in [1.29, 1.82) is 0 Å². The Labute approximate surface area is 167 Å². The lowest BCUT2D eigenvalue weighted by Crippen LogP contribution is -2.30. The molecule has 0 spiro atoms. The van der Waals surface area contributed by atoms with Crippen molar-refractivity contribution in [2.24, 2.45) is 0 Å². The molecule has 2 aromatic heterocycles. The lowest BCUT2D eigenvalue weighted by atomic mass is 10.1. The fourth-order valence-electron chi connectivity index (χ4n) is 2.76. The molecule has 0 bridgehead atoms. The van der Waals surface area contributed by atoms with Gasteiger partial charge in [-0.1, -0.05) is 30.3 Å². The number of H-pyrrole nitrogens is 1. The highest BCUT2D eigenvalue weighted by molar-refractivity contribution is 5.94. The molecule has 0 aliphatic rings. The zero-order valence-electron chi connectivity index (χ0n) is 15.9. The summed E-state index contributed by atoms with van der Waals surface area (Å²) in [5.74, 6) is -0.0915. The van der Waals surface area contributed by atoms with Crippen LogP contribution in [0.15, 0.2) is 48.8 Å². The number of aryl methyl sites for hydroxylation is 1. The van der Waals surface area contributed by atoms with Gasteiger partial charge in [-0.3, -0.25) is 9.63 Å². The SMILES string of the molecule is Cc1cnc(NOCCO)nc1-c1c[nH]c(C(=O)NC(CO)c2ccccc2)c1. The molecule has 9 heteroatoms. The maximum Gasteiger partial charge on any atom is 0.268 e. The summed E-state index contributed by atoms with van der Waals surface area (Å²) in [6, 6.07) is 10.4. The molecule has 1 unspecified atom stereocenters. The van der Waals surface area contributed by atoms with Gasteiger partial charge in [0.25, 0.3) is 5.91 Å². The Morgan fingerprint density at radius 2 is 2.07 bits per heavy atom. The van der Waals surface area contributed by atoms with Gasteiger partial charge in [0.15, 0.2) is 0 Å². The van der Waals surface area contributed by atoms with Crippen molar-refractivity contribution in [2.75, 3.05) is 25.3 Å². The number of hydrogen-bond acceptors (Lipinski definition) is 7. The summed E-state index contributed by atoms with van der Waals surface area (Å²) >= 11 is 0. The standard InChI is InChI=1S/C20H23N5O4/c1-13-10-22-20(25-29-8-7-26)24-18(13)15-9-16(21-11-15)19(28)23-17(12-27)14-5-3-2-4-6-14/h2-6,9-11,17,21,26-27H,7-8,12H2,1H3,(H,23,28)(H,22,24,25). The van der Waals surface area contributed by atoms with Gasteiger partial charge in [0.1, 0.15) is 5.69 Å². The molecule has 1 amide bonds. The van der Waals surface area contributed by atoms with Crippen LogP contribution in [0.3, 0.4) is 0 Å². The van der Waals surface area contributed by atoms with Crippen molar-refractivity contribution in [2.45, 2.75) is 13.0 Å². The molecule has 1 atom stereocenters. The van der Waals surface area contributed by atoms with Crippen LogP contribution in [0.4, 0.5) is 5.95 Å². The molecule has 0 saturated heterocycles. The van der Waals surface area contributed by atoms with Crippen LogP contribution in [-0.4, -0.2) is 50.9 Å². The van der Waals surface area contributed by atoms with E-state index in [9.17, 15) is 9.90 Å². The minimum Gasteiger partial charge on any atom is -0.394 e. The van der Waals surface area contributed by atoms with Gasteiger partial charge in [-0.15, -0.1) is 0 Å². The van der Waals surface area contributed by atoms with Crippen molar-refractivity contribution >= 4 is 11.9 Å². The number of aliphatic hydroxyl groups is 2. The Morgan fingerprint density at radius 3 is 2.79 bits per heavy atom. The van der Waals surface area contributed by atoms with E-state index in [1.54, 1.807) is 18.5 Å². The average molecular weight is 397 g/mol. The number of nitrogens with zero attached hydrogens (tertiary/aromatic N) is 2. The first-order valence-corrected chi connectivity index (χ1v) is 9.10. The fraction of sp³-hybridized carbons (Fsp3) is 0.250. The second-order valence-corrected chi connectivity index (χ2v) is 6.32. The third kappa shape index (κ3) is 5.17. The highest BCUT2D eigenvalue weighted by Crippen LogP contribution is 2.23. The molecule has 0 fully saturated rings. The summed E-state index contributed by atoms with van der Waals surface area (Å²) in [4.78, 5) is 29.1. The van der Waals surface area contributed by atoms with E-state index in [-0.39, 0.29) is 31.7 Å². The van der Waals surface area contributed by atoms with Gasteiger partial charge < -0.3 is 20.5 Å². The number of aliphatic hydroxyl groups excluding tert-OH is 2. The average Bonchev–Trinajstić information content (AvgIpc) is 3.24. The molecular formula is C20H23N5O4. The fourth-order valence-corrected chi connectivity index (χ4v) is 2.76. The Balaban J connectivity index is 1.74. The molecule has 152 valence electrons. The number of carbonyl (C=O) groups is 1. The summed E-state index contributed by atoms with van der Waals surface area (Å²) in [5.41, 5.74) is 5.89. The molecule has 2 heterocycles. The van der Waals surface area contributed by atoms with Gasteiger partial charge in [0.2, 0.25) is 5.95 Å². The number of aromatic amines is 1. The largest absolute Gasteiger partial charge is 0.394 e. The van der Waals surface area contributed by atoms with Crippen molar-refractivity contribution in [3.05, 3.63) is 65.6 Å². The first-order chi connectivity index (χ1) is 14.1. The minimum atomic E-state index is -0.504. The summed E-state index contributed by atoms with van der Waals surface area (Å²) in [6.45, 7) is 1.63. The third-order valence-electron chi connectivity index (χ3n) is 4.22. The maximum atomic E-state index is 12.6. The Hall–Kier alpha value is -3.27. The number of aromatic nitrogens is 3. The van der Waals surface area contributed by atoms with Gasteiger partial charge in [-0.2, -0.15) is 0 Å². The van der Waals surface area contributed by atoms with E-state index < -0.39 is 6.04 Å². The Kier molecular flexibility index (Phi) is 6.90. The summed E-state index contributed by atoms with van der Waals surface area (Å²) in [6.07, 6.45) is 3.32. The van der Waals surface area contributed by atoms with E-state index in [0.717, 1.165) is 11.1 Å². The zero-order valence-corrected chi connectivity index (χ0v) is 15.9. The van der Waals surface area contributed by atoms with E-state index in [2.05, 4.69) is 25.7 Å². The van der Waals surface area contributed by atoms with Crippen LogP contribution in [-0.2, 0) is 4.84 Å². The molecule has 0 aliphatic heterocycles. The quantitative estimate of drug-likeness (QED) is 0.273. The number of carbonyl (C=O) groups excluding carboxylic acids is 1. The third-order valence-corrected chi connectivity index (χ3v) is 4.22. The van der Waals surface area contributed by atoms with Gasteiger partial charge >= 0.3 is 0 Å². The first kappa shape index (κ1) is 20.5. The molecule has 0 radical (unpaired) electrons. The van der Waals surface area contributed by atoms with Crippen LogP contribution >= 0.6 is 0 Å². The van der Waals surface area contributed by atoms with E-state index in [1.165, 1.54) is 0 Å². The van der Waals surface area contributed by atoms with Crippen molar-refractivity contribution < 1.29 is 19.8 Å². The van der Waals surface area contributed by atoms with Gasteiger partial charge in [-0.25, -0.2) is 15.4 Å². The predicted molar refractivity (Wildman–Crippen MR) is 107 cm³/mol. The topological polar surface area (TPSA) is 132 Å². The highest BCUT2D eigenvalue weighted by Gasteiger charge is 2.17. The minimum absolute atomic E-state index is 0.106. The number of rotatable bonds is 9. The molecule has 1 aromatic carbocycles. The maximum absolute atomic E-state index is 12.6. The second-order valence-electron chi connectivity index (χ2n) is 6.32. The van der Waals surface area contributed by atoms with E-state index in [1.807, 2.05) is 37.3 Å². The van der Waals surface area contributed by atoms with E-state index in [0.29, 0.717) is 17.0 Å². The summed E-state index contributed by atoms with van der Waals surface area (Å²) < 4.78 is 0. The molecule has 0 aliphatic carbocycles. The number of amides is 1. The smallest absolute Gasteiger partial charge is 0.268 e. The number of anilines is 1. The normalized spacial score (nSPS) is 11.8. The van der Waals surface area contributed by atoms with Crippen LogP contribution in [0.5, 0.6) is 0 Å². The van der Waals surface area contributed by atoms with E-state index >= 15 is 0 Å². The molecule has 3 aromatic rings. The molecule has 5 N–H and O–H groups in total. The molecular weight excluding hydrogens is 374 g/mol.